The number of anilines is 1. The molecule has 0 fully saturated rings. The van der Waals surface area contributed by atoms with Gasteiger partial charge in [0.05, 0.1) is 30.2 Å². The van der Waals surface area contributed by atoms with Gasteiger partial charge in [0.15, 0.2) is 0 Å². The van der Waals surface area contributed by atoms with Crippen molar-refractivity contribution in [2.45, 2.75) is 20.3 Å². The molecule has 2 aromatic heterocycles. The van der Waals surface area contributed by atoms with Crippen molar-refractivity contribution in [2.75, 3.05) is 5.32 Å². The first-order chi connectivity index (χ1) is 11.1. The third kappa shape index (κ3) is 3.42. The van der Waals surface area contributed by atoms with Crippen molar-refractivity contribution >= 4 is 11.6 Å². The van der Waals surface area contributed by atoms with E-state index in [2.05, 4.69) is 20.3 Å². The average molecular weight is 307 g/mol. The van der Waals surface area contributed by atoms with Crippen LogP contribution < -0.4 is 5.32 Å². The predicted octanol–water partition coefficient (Wildman–Crippen LogP) is 2.46. The second-order valence-corrected chi connectivity index (χ2v) is 5.27. The molecule has 0 aliphatic carbocycles. The molecule has 0 saturated carbocycles. The Morgan fingerprint density at radius 1 is 1.09 bits per heavy atom. The first kappa shape index (κ1) is 14.9. The lowest BCUT2D eigenvalue weighted by molar-refractivity contribution is -0.115. The molecule has 0 aliphatic heterocycles. The quantitative estimate of drug-likeness (QED) is 0.803. The van der Waals surface area contributed by atoms with Gasteiger partial charge >= 0.3 is 0 Å². The van der Waals surface area contributed by atoms with Crippen molar-refractivity contribution in [3.8, 4) is 5.95 Å². The van der Waals surface area contributed by atoms with Crippen molar-refractivity contribution in [1.82, 2.24) is 19.5 Å². The molecule has 0 aliphatic rings. The predicted molar refractivity (Wildman–Crippen MR) is 87.4 cm³/mol. The summed E-state index contributed by atoms with van der Waals surface area (Å²) in [5, 5.41) is 2.80. The number of amides is 1. The van der Waals surface area contributed by atoms with Crippen LogP contribution in [0.3, 0.4) is 0 Å². The van der Waals surface area contributed by atoms with Crippen molar-refractivity contribution in [1.29, 1.82) is 0 Å². The molecule has 0 atom stereocenters. The fourth-order valence-electron chi connectivity index (χ4n) is 2.20. The van der Waals surface area contributed by atoms with Crippen LogP contribution in [0.1, 0.15) is 17.0 Å². The summed E-state index contributed by atoms with van der Waals surface area (Å²) in [5.74, 6) is 0.436. The zero-order valence-electron chi connectivity index (χ0n) is 13.0. The van der Waals surface area contributed by atoms with E-state index in [0.29, 0.717) is 18.1 Å². The molecule has 6 nitrogen and oxygen atoms in total. The highest BCUT2D eigenvalue weighted by atomic mass is 16.1. The molecule has 2 heterocycles. The number of imidazole rings is 1. The number of rotatable bonds is 4. The lowest BCUT2D eigenvalue weighted by atomic mass is 10.1. The Labute approximate surface area is 134 Å². The molecule has 1 aromatic carbocycles. The van der Waals surface area contributed by atoms with Gasteiger partial charge in [-0.15, -0.1) is 0 Å². The molecule has 1 amide bonds. The molecule has 0 unspecified atom stereocenters. The summed E-state index contributed by atoms with van der Waals surface area (Å²) in [6.07, 6.45) is 5.20. The Hall–Kier alpha value is -3.02. The van der Waals surface area contributed by atoms with Crippen LogP contribution in [0.15, 0.2) is 49.1 Å². The Kier molecular flexibility index (Phi) is 4.14. The van der Waals surface area contributed by atoms with Crippen LogP contribution in [0.5, 0.6) is 0 Å². The summed E-state index contributed by atoms with van der Waals surface area (Å²) in [5.41, 5.74) is 3.47. The number of aromatic nitrogens is 4. The second-order valence-electron chi connectivity index (χ2n) is 5.27. The lowest BCUT2D eigenvalue weighted by Gasteiger charge is -2.07. The number of carbonyl (C=O) groups excluding carboxylic acids is 1. The maximum atomic E-state index is 12.0. The van der Waals surface area contributed by atoms with Crippen LogP contribution in [0.25, 0.3) is 5.95 Å². The Bertz CT molecular complexity index is 809. The smallest absolute Gasteiger partial charge is 0.235 e. The topological polar surface area (TPSA) is 72.7 Å². The molecular weight excluding hydrogens is 290 g/mol. The second kappa shape index (κ2) is 6.39. The van der Waals surface area contributed by atoms with E-state index in [0.717, 1.165) is 17.0 Å². The minimum Gasteiger partial charge on any atom is -0.323 e. The van der Waals surface area contributed by atoms with E-state index in [1.54, 1.807) is 18.7 Å². The summed E-state index contributed by atoms with van der Waals surface area (Å²) >= 11 is 0. The van der Waals surface area contributed by atoms with Crippen LogP contribution >= 0.6 is 0 Å². The van der Waals surface area contributed by atoms with Crippen molar-refractivity contribution in [2.24, 2.45) is 0 Å². The number of nitrogens with one attached hydrogen (secondary N) is 1. The zero-order valence-corrected chi connectivity index (χ0v) is 13.0. The van der Waals surface area contributed by atoms with Crippen LogP contribution in [-0.2, 0) is 11.2 Å². The van der Waals surface area contributed by atoms with Gasteiger partial charge in [0.25, 0.3) is 0 Å². The lowest BCUT2D eigenvalue weighted by Crippen LogP contribution is -2.15. The van der Waals surface area contributed by atoms with E-state index in [9.17, 15) is 4.79 Å². The summed E-state index contributed by atoms with van der Waals surface area (Å²) < 4.78 is 1.81. The van der Waals surface area contributed by atoms with Crippen molar-refractivity contribution in [3.63, 3.8) is 0 Å². The summed E-state index contributed by atoms with van der Waals surface area (Å²) in [7, 11) is 0. The summed E-state index contributed by atoms with van der Waals surface area (Å²) in [6.45, 7) is 3.89. The van der Waals surface area contributed by atoms with Gasteiger partial charge in [-0.1, -0.05) is 30.3 Å². The molecule has 1 N–H and O–H groups in total. The van der Waals surface area contributed by atoms with E-state index >= 15 is 0 Å². The Morgan fingerprint density at radius 3 is 2.39 bits per heavy atom. The van der Waals surface area contributed by atoms with Gasteiger partial charge in [-0.25, -0.2) is 15.0 Å². The van der Waals surface area contributed by atoms with Crippen LogP contribution in [0.2, 0.25) is 0 Å². The molecule has 3 rings (SSSR count). The number of carbonyl (C=O) groups is 1. The van der Waals surface area contributed by atoms with Gasteiger partial charge in [-0.2, -0.15) is 0 Å². The molecule has 0 saturated heterocycles. The van der Waals surface area contributed by atoms with Gasteiger partial charge in [-0.05, 0) is 19.4 Å². The third-order valence-electron chi connectivity index (χ3n) is 3.60. The highest BCUT2D eigenvalue weighted by Crippen LogP contribution is 2.11. The minimum absolute atomic E-state index is 0.0952. The first-order valence-corrected chi connectivity index (χ1v) is 7.30. The largest absolute Gasteiger partial charge is 0.323 e. The monoisotopic (exact) mass is 307 g/mol. The van der Waals surface area contributed by atoms with Gasteiger partial charge in [-0.3, -0.25) is 9.36 Å². The zero-order chi connectivity index (χ0) is 16.2. The molecule has 23 heavy (non-hydrogen) atoms. The van der Waals surface area contributed by atoms with Gasteiger partial charge in [0.1, 0.15) is 6.33 Å². The van der Waals surface area contributed by atoms with Crippen LogP contribution in [-0.4, -0.2) is 25.4 Å². The molecule has 0 spiro atoms. The first-order valence-electron chi connectivity index (χ1n) is 7.30. The minimum atomic E-state index is -0.0952. The number of benzene rings is 1. The highest BCUT2D eigenvalue weighted by molar-refractivity contribution is 5.91. The Morgan fingerprint density at radius 2 is 1.78 bits per heavy atom. The fraction of sp³-hybridized carbons (Fsp3) is 0.176. The third-order valence-corrected chi connectivity index (χ3v) is 3.60. The van der Waals surface area contributed by atoms with E-state index in [4.69, 9.17) is 0 Å². The SMILES string of the molecule is Cc1ncn(-c2ncc(NC(=O)Cc3ccccc3)cn2)c1C. The van der Waals surface area contributed by atoms with E-state index in [1.807, 2.05) is 48.7 Å². The maximum Gasteiger partial charge on any atom is 0.235 e. The summed E-state index contributed by atoms with van der Waals surface area (Å²) in [6, 6.07) is 9.59. The van der Waals surface area contributed by atoms with Crippen LogP contribution in [0.4, 0.5) is 5.69 Å². The number of hydrogen-bond donors (Lipinski definition) is 1. The number of hydrogen-bond acceptors (Lipinski definition) is 4. The van der Waals surface area contributed by atoms with Gasteiger partial charge < -0.3 is 5.32 Å². The average Bonchev–Trinajstić information content (AvgIpc) is 2.89. The molecule has 3 aromatic rings. The fourth-order valence-corrected chi connectivity index (χ4v) is 2.20. The van der Waals surface area contributed by atoms with Gasteiger partial charge in [0.2, 0.25) is 11.9 Å². The maximum absolute atomic E-state index is 12.0. The number of aryl methyl sites for hydroxylation is 1. The standard InChI is InChI=1S/C17H17N5O/c1-12-13(2)22(11-20-12)17-18-9-15(10-19-17)21-16(23)8-14-6-4-3-5-7-14/h3-7,9-11H,8H2,1-2H3,(H,21,23). The molecule has 0 bridgehead atoms. The molecule has 0 radical (unpaired) electrons. The molecular formula is C17H17N5O. The van der Waals surface area contributed by atoms with Gasteiger partial charge in [0, 0.05) is 5.69 Å². The van der Waals surface area contributed by atoms with Crippen LogP contribution in [0, 0.1) is 13.8 Å². The van der Waals surface area contributed by atoms with Crippen molar-refractivity contribution in [3.05, 3.63) is 66.0 Å². The normalized spacial score (nSPS) is 10.5. The van der Waals surface area contributed by atoms with E-state index in [-0.39, 0.29) is 5.91 Å². The Balaban J connectivity index is 1.68. The van der Waals surface area contributed by atoms with E-state index in [1.165, 1.54) is 0 Å². The molecule has 116 valence electrons. The van der Waals surface area contributed by atoms with E-state index < -0.39 is 0 Å². The summed E-state index contributed by atoms with van der Waals surface area (Å²) in [4.78, 5) is 24.8. The highest BCUT2D eigenvalue weighted by Gasteiger charge is 2.08. The number of nitrogens with zero attached hydrogens (tertiary/aromatic N) is 4. The van der Waals surface area contributed by atoms with Crippen molar-refractivity contribution < 1.29 is 4.79 Å². The molecule has 6 heteroatoms.